The molecule has 1 rings (SSSR count). The lowest BCUT2D eigenvalue weighted by atomic mass is 10.2. The SMILES string of the molecule is Cl.N[C@H](CO)C(=O)NCc1cccc(OC(F)(F)F)c1. The lowest BCUT2D eigenvalue weighted by Gasteiger charge is -2.12. The summed E-state index contributed by atoms with van der Waals surface area (Å²) in [4.78, 5) is 11.3. The zero-order valence-electron chi connectivity index (χ0n) is 10.2. The van der Waals surface area contributed by atoms with Crippen LogP contribution in [-0.4, -0.2) is 30.0 Å². The molecular weight excluding hydrogens is 301 g/mol. The lowest BCUT2D eigenvalue weighted by Crippen LogP contribution is -2.42. The maximum atomic E-state index is 12.0. The number of rotatable bonds is 5. The quantitative estimate of drug-likeness (QED) is 0.755. The number of aliphatic hydroxyl groups excluding tert-OH is 1. The first-order valence-corrected chi connectivity index (χ1v) is 5.30. The number of nitrogens with two attached hydrogens (primary N) is 1. The molecule has 0 spiro atoms. The molecule has 114 valence electrons. The van der Waals surface area contributed by atoms with E-state index in [0.29, 0.717) is 5.56 Å². The van der Waals surface area contributed by atoms with Crippen LogP contribution in [0.25, 0.3) is 0 Å². The summed E-state index contributed by atoms with van der Waals surface area (Å²) in [6.07, 6.45) is -4.76. The van der Waals surface area contributed by atoms with E-state index in [1.807, 2.05) is 0 Å². The van der Waals surface area contributed by atoms with Crippen LogP contribution in [0.4, 0.5) is 13.2 Å². The standard InChI is InChI=1S/C11H13F3N2O3.ClH/c12-11(13,14)19-8-3-1-2-7(4-8)5-16-10(18)9(15)6-17;/h1-4,9,17H,5-6,15H2,(H,16,18);1H/t9-;/m1./s1. The van der Waals surface area contributed by atoms with E-state index in [-0.39, 0.29) is 24.7 Å². The highest BCUT2D eigenvalue weighted by Crippen LogP contribution is 2.23. The number of carbonyl (C=O) groups is 1. The van der Waals surface area contributed by atoms with Crippen LogP contribution in [0.1, 0.15) is 5.56 Å². The molecule has 1 aromatic carbocycles. The van der Waals surface area contributed by atoms with Crippen molar-refractivity contribution in [2.24, 2.45) is 5.73 Å². The van der Waals surface area contributed by atoms with E-state index in [1.54, 1.807) is 0 Å². The molecule has 0 heterocycles. The van der Waals surface area contributed by atoms with Crippen molar-refractivity contribution in [3.63, 3.8) is 0 Å². The van der Waals surface area contributed by atoms with Gasteiger partial charge in [-0.05, 0) is 17.7 Å². The van der Waals surface area contributed by atoms with Gasteiger partial charge in [0.25, 0.3) is 0 Å². The smallest absolute Gasteiger partial charge is 0.406 e. The second-order valence-electron chi connectivity index (χ2n) is 3.70. The van der Waals surface area contributed by atoms with Gasteiger partial charge in [0.05, 0.1) is 6.61 Å². The van der Waals surface area contributed by atoms with Crippen LogP contribution in [0.5, 0.6) is 5.75 Å². The fourth-order valence-corrected chi connectivity index (χ4v) is 1.26. The summed E-state index contributed by atoms with van der Waals surface area (Å²) in [5, 5.41) is 11.0. The number of amides is 1. The molecule has 5 nitrogen and oxygen atoms in total. The summed E-state index contributed by atoms with van der Waals surface area (Å²) < 4.78 is 39.7. The van der Waals surface area contributed by atoms with Gasteiger partial charge in [-0.25, -0.2) is 0 Å². The number of hydrogen-bond acceptors (Lipinski definition) is 4. The number of alkyl halides is 3. The molecule has 4 N–H and O–H groups in total. The maximum absolute atomic E-state index is 12.0. The van der Waals surface area contributed by atoms with Gasteiger partial charge in [0.15, 0.2) is 0 Å². The molecule has 0 unspecified atom stereocenters. The van der Waals surface area contributed by atoms with Crippen LogP contribution in [0.2, 0.25) is 0 Å². The minimum atomic E-state index is -4.76. The Labute approximate surface area is 119 Å². The third-order valence-electron chi connectivity index (χ3n) is 2.13. The highest BCUT2D eigenvalue weighted by Gasteiger charge is 2.31. The van der Waals surface area contributed by atoms with Gasteiger partial charge in [0.1, 0.15) is 11.8 Å². The zero-order valence-corrected chi connectivity index (χ0v) is 11.0. The lowest BCUT2D eigenvalue weighted by molar-refractivity contribution is -0.274. The third kappa shape index (κ3) is 6.60. The largest absolute Gasteiger partial charge is 0.573 e. The molecule has 0 saturated heterocycles. The fourth-order valence-electron chi connectivity index (χ4n) is 1.26. The van der Waals surface area contributed by atoms with Crippen molar-refractivity contribution in [3.8, 4) is 5.75 Å². The number of benzene rings is 1. The molecule has 0 aliphatic carbocycles. The molecule has 0 bridgehead atoms. The first-order chi connectivity index (χ1) is 8.81. The average molecular weight is 315 g/mol. The van der Waals surface area contributed by atoms with E-state index < -0.39 is 24.9 Å². The Balaban J connectivity index is 0.00000361. The molecule has 0 saturated carbocycles. The van der Waals surface area contributed by atoms with Crippen LogP contribution >= 0.6 is 12.4 Å². The summed E-state index contributed by atoms with van der Waals surface area (Å²) in [5.41, 5.74) is 5.68. The molecule has 9 heteroatoms. The van der Waals surface area contributed by atoms with E-state index >= 15 is 0 Å². The monoisotopic (exact) mass is 314 g/mol. The normalized spacial score (nSPS) is 12.2. The van der Waals surface area contributed by atoms with Crippen LogP contribution in [-0.2, 0) is 11.3 Å². The highest BCUT2D eigenvalue weighted by molar-refractivity contribution is 5.85. The average Bonchev–Trinajstić information content (AvgIpc) is 2.33. The maximum Gasteiger partial charge on any atom is 0.573 e. The van der Waals surface area contributed by atoms with Crippen LogP contribution < -0.4 is 15.8 Å². The molecule has 1 aromatic rings. The van der Waals surface area contributed by atoms with Crippen molar-refractivity contribution in [2.75, 3.05) is 6.61 Å². The number of carbonyl (C=O) groups excluding carboxylic acids is 1. The molecule has 0 aliphatic heterocycles. The van der Waals surface area contributed by atoms with E-state index in [0.717, 1.165) is 12.1 Å². The van der Waals surface area contributed by atoms with Crippen LogP contribution in [0.3, 0.4) is 0 Å². The van der Waals surface area contributed by atoms with Gasteiger partial charge in [-0.1, -0.05) is 12.1 Å². The number of hydrogen-bond donors (Lipinski definition) is 3. The van der Waals surface area contributed by atoms with Gasteiger partial charge in [-0.15, -0.1) is 25.6 Å². The molecular formula is C11H14ClF3N2O3. The minimum absolute atomic E-state index is 0. The van der Waals surface area contributed by atoms with Gasteiger partial charge in [0, 0.05) is 6.54 Å². The molecule has 1 atom stereocenters. The van der Waals surface area contributed by atoms with Crippen molar-refractivity contribution >= 4 is 18.3 Å². The highest BCUT2D eigenvalue weighted by atomic mass is 35.5. The molecule has 0 aromatic heterocycles. The van der Waals surface area contributed by atoms with E-state index in [2.05, 4.69) is 10.1 Å². The Morgan fingerprint density at radius 1 is 1.45 bits per heavy atom. The van der Waals surface area contributed by atoms with E-state index in [4.69, 9.17) is 10.8 Å². The van der Waals surface area contributed by atoms with Gasteiger partial charge < -0.3 is 20.9 Å². The van der Waals surface area contributed by atoms with Gasteiger partial charge in [-0.2, -0.15) is 0 Å². The van der Waals surface area contributed by atoms with Crippen LogP contribution in [0.15, 0.2) is 24.3 Å². The summed E-state index contributed by atoms with van der Waals surface area (Å²) in [5.74, 6) is -0.963. The molecule has 20 heavy (non-hydrogen) atoms. The van der Waals surface area contributed by atoms with Gasteiger partial charge in [0.2, 0.25) is 5.91 Å². The Bertz CT molecular complexity index is 443. The Hall–Kier alpha value is -1.51. The summed E-state index contributed by atoms with van der Waals surface area (Å²) >= 11 is 0. The fraction of sp³-hybridized carbons (Fsp3) is 0.364. The Morgan fingerprint density at radius 3 is 2.65 bits per heavy atom. The second-order valence-corrected chi connectivity index (χ2v) is 3.70. The molecule has 0 radical (unpaired) electrons. The van der Waals surface area contributed by atoms with Gasteiger partial charge >= 0.3 is 6.36 Å². The Morgan fingerprint density at radius 2 is 2.10 bits per heavy atom. The second kappa shape index (κ2) is 7.93. The first-order valence-electron chi connectivity index (χ1n) is 5.30. The third-order valence-corrected chi connectivity index (χ3v) is 2.13. The summed E-state index contributed by atoms with van der Waals surface area (Å²) in [6, 6.07) is 4.13. The molecule has 0 aliphatic rings. The predicted octanol–water partition coefficient (Wildman–Crippen LogP) is 0.943. The van der Waals surface area contributed by atoms with Crippen molar-refractivity contribution in [1.29, 1.82) is 0 Å². The molecule has 1 amide bonds. The number of aliphatic hydroxyl groups is 1. The summed E-state index contributed by atoms with van der Waals surface area (Å²) in [6.45, 7) is -0.523. The number of ether oxygens (including phenoxy) is 1. The van der Waals surface area contributed by atoms with Crippen LogP contribution in [0, 0.1) is 0 Å². The Kier molecular flexibility index (Phi) is 7.33. The van der Waals surface area contributed by atoms with Crippen molar-refractivity contribution in [1.82, 2.24) is 5.32 Å². The summed E-state index contributed by atoms with van der Waals surface area (Å²) in [7, 11) is 0. The van der Waals surface area contributed by atoms with Crippen molar-refractivity contribution in [3.05, 3.63) is 29.8 Å². The van der Waals surface area contributed by atoms with E-state index in [1.165, 1.54) is 12.1 Å². The molecule has 0 fully saturated rings. The zero-order chi connectivity index (χ0) is 14.5. The van der Waals surface area contributed by atoms with Crippen molar-refractivity contribution < 1.29 is 27.8 Å². The number of halogens is 4. The minimum Gasteiger partial charge on any atom is -0.406 e. The van der Waals surface area contributed by atoms with Gasteiger partial charge in [-0.3, -0.25) is 4.79 Å². The topological polar surface area (TPSA) is 84.6 Å². The predicted molar refractivity (Wildman–Crippen MR) is 67.3 cm³/mol. The number of nitrogens with one attached hydrogen (secondary N) is 1. The van der Waals surface area contributed by atoms with Crippen molar-refractivity contribution in [2.45, 2.75) is 18.9 Å². The first kappa shape index (κ1) is 18.5. The van der Waals surface area contributed by atoms with E-state index in [9.17, 15) is 18.0 Å².